The summed E-state index contributed by atoms with van der Waals surface area (Å²) in [4.78, 5) is 0. The summed E-state index contributed by atoms with van der Waals surface area (Å²) in [5, 5.41) is 3.06. The topological polar surface area (TPSA) is 12.0 Å². The van der Waals surface area contributed by atoms with Crippen LogP contribution in [0.3, 0.4) is 0 Å². The number of rotatable bonds is 5. The SMILES string of the molecule is C#CCN[C@H](CF)CC1CCCCC1. The molecule has 0 aromatic rings. The molecule has 0 aliphatic heterocycles. The maximum atomic E-state index is 12.6. The molecule has 1 atom stereocenters. The Kier molecular flexibility index (Phi) is 5.63. The third-order valence-corrected chi connectivity index (χ3v) is 3.02. The minimum atomic E-state index is -0.293. The first kappa shape index (κ1) is 11.5. The highest BCUT2D eigenvalue weighted by Gasteiger charge is 2.18. The van der Waals surface area contributed by atoms with Gasteiger partial charge in [-0.2, -0.15) is 0 Å². The van der Waals surface area contributed by atoms with Crippen molar-refractivity contribution in [2.45, 2.75) is 44.6 Å². The molecule has 0 saturated heterocycles. The third kappa shape index (κ3) is 4.11. The summed E-state index contributed by atoms with van der Waals surface area (Å²) in [6.45, 7) is 0.194. The zero-order valence-electron chi connectivity index (χ0n) is 8.77. The fraction of sp³-hybridized carbons (Fsp3) is 0.833. The molecule has 80 valence electrons. The molecule has 1 aliphatic rings. The van der Waals surface area contributed by atoms with Gasteiger partial charge in [0.25, 0.3) is 0 Å². The molecule has 1 nitrogen and oxygen atoms in total. The molecule has 1 N–H and O–H groups in total. The quantitative estimate of drug-likeness (QED) is 0.668. The lowest BCUT2D eigenvalue weighted by Crippen LogP contribution is -2.33. The van der Waals surface area contributed by atoms with E-state index in [4.69, 9.17) is 6.42 Å². The molecule has 1 saturated carbocycles. The normalized spacial score (nSPS) is 20.3. The number of terminal acetylenes is 1. The second kappa shape index (κ2) is 6.84. The summed E-state index contributed by atoms with van der Waals surface area (Å²) in [7, 11) is 0. The van der Waals surface area contributed by atoms with E-state index in [-0.39, 0.29) is 12.7 Å². The molecule has 1 rings (SSSR count). The third-order valence-electron chi connectivity index (χ3n) is 3.02. The molecule has 1 aliphatic carbocycles. The van der Waals surface area contributed by atoms with E-state index in [1.807, 2.05) is 0 Å². The second-order valence-corrected chi connectivity index (χ2v) is 4.18. The fourth-order valence-corrected chi connectivity index (χ4v) is 2.23. The first-order chi connectivity index (χ1) is 6.86. The van der Waals surface area contributed by atoms with Crippen molar-refractivity contribution in [3.05, 3.63) is 0 Å². The Bertz CT molecular complexity index is 179. The first-order valence-electron chi connectivity index (χ1n) is 5.59. The van der Waals surface area contributed by atoms with Crippen molar-refractivity contribution in [2.24, 2.45) is 5.92 Å². The molecule has 0 aromatic carbocycles. The van der Waals surface area contributed by atoms with Crippen molar-refractivity contribution in [1.82, 2.24) is 5.32 Å². The minimum Gasteiger partial charge on any atom is -0.301 e. The van der Waals surface area contributed by atoms with Gasteiger partial charge in [0.15, 0.2) is 0 Å². The standard InChI is InChI=1S/C12H20FN/c1-2-8-14-12(10-13)9-11-6-4-3-5-7-11/h1,11-12,14H,3-10H2/t12-/m0/s1. The van der Waals surface area contributed by atoms with Crippen LogP contribution in [0.25, 0.3) is 0 Å². The van der Waals surface area contributed by atoms with Crippen molar-refractivity contribution < 1.29 is 4.39 Å². The van der Waals surface area contributed by atoms with Gasteiger partial charge in [-0.1, -0.05) is 38.0 Å². The number of hydrogen-bond donors (Lipinski definition) is 1. The molecular formula is C12H20FN. The van der Waals surface area contributed by atoms with E-state index in [0.717, 1.165) is 12.3 Å². The van der Waals surface area contributed by atoms with Crippen LogP contribution in [0.15, 0.2) is 0 Å². The van der Waals surface area contributed by atoms with Gasteiger partial charge in [0, 0.05) is 6.04 Å². The second-order valence-electron chi connectivity index (χ2n) is 4.18. The van der Waals surface area contributed by atoms with Gasteiger partial charge < -0.3 is 5.32 Å². The van der Waals surface area contributed by atoms with Gasteiger partial charge in [0.1, 0.15) is 6.67 Å². The van der Waals surface area contributed by atoms with Crippen LogP contribution in [0.1, 0.15) is 38.5 Å². The molecule has 0 heterocycles. The Hall–Kier alpha value is -0.550. The van der Waals surface area contributed by atoms with E-state index in [1.54, 1.807) is 0 Å². The van der Waals surface area contributed by atoms with Crippen LogP contribution >= 0.6 is 0 Å². The molecule has 0 bridgehead atoms. The zero-order valence-corrected chi connectivity index (χ0v) is 8.77. The molecule has 0 amide bonds. The zero-order chi connectivity index (χ0) is 10.2. The van der Waals surface area contributed by atoms with Crippen molar-refractivity contribution in [1.29, 1.82) is 0 Å². The highest BCUT2D eigenvalue weighted by molar-refractivity contribution is 4.88. The van der Waals surface area contributed by atoms with E-state index in [1.165, 1.54) is 32.1 Å². The Morgan fingerprint density at radius 3 is 2.64 bits per heavy atom. The molecule has 0 aromatic heterocycles. The maximum Gasteiger partial charge on any atom is 0.105 e. The van der Waals surface area contributed by atoms with Gasteiger partial charge in [-0.15, -0.1) is 6.42 Å². The number of hydrogen-bond acceptors (Lipinski definition) is 1. The predicted molar refractivity (Wildman–Crippen MR) is 57.8 cm³/mol. The Morgan fingerprint density at radius 2 is 2.07 bits per heavy atom. The van der Waals surface area contributed by atoms with Crippen molar-refractivity contribution in [2.75, 3.05) is 13.2 Å². The number of halogens is 1. The van der Waals surface area contributed by atoms with E-state index < -0.39 is 0 Å². The van der Waals surface area contributed by atoms with E-state index in [2.05, 4.69) is 11.2 Å². The molecule has 2 heteroatoms. The van der Waals surface area contributed by atoms with E-state index in [9.17, 15) is 4.39 Å². The van der Waals surface area contributed by atoms with Crippen molar-refractivity contribution in [3.8, 4) is 12.3 Å². The maximum absolute atomic E-state index is 12.6. The van der Waals surface area contributed by atoms with E-state index in [0.29, 0.717) is 6.54 Å². The van der Waals surface area contributed by atoms with Crippen LogP contribution in [-0.2, 0) is 0 Å². The molecule has 0 radical (unpaired) electrons. The molecule has 0 spiro atoms. The lowest BCUT2D eigenvalue weighted by Gasteiger charge is -2.25. The molecule has 14 heavy (non-hydrogen) atoms. The molecule has 1 fully saturated rings. The Morgan fingerprint density at radius 1 is 1.36 bits per heavy atom. The fourth-order valence-electron chi connectivity index (χ4n) is 2.23. The van der Waals surface area contributed by atoms with Gasteiger partial charge in [0.05, 0.1) is 6.54 Å². The number of alkyl halides is 1. The predicted octanol–water partition coefficient (Wildman–Crippen LogP) is 2.52. The van der Waals surface area contributed by atoms with Crippen LogP contribution < -0.4 is 5.32 Å². The Labute approximate surface area is 86.5 Å². The van der Waals surface area contributed by atoms with Crippen LogP contribution in [0.5, 0.6) is 0 Å². The summed E-state index contributed by atoms with van der Waals surface area (Å²) in [6, 6.07) is -0.0193. The Balaban J connectivity index is 2.20. The van der Waals surface area contributed by atoms with Gasteiger partial charge >= 0.3 is 0 Å². The smallest absolute Gasteiger partial charge is 0.105 e. The summed E-state index contributed by atoms with van der Waals surface area (Å²) >= 11 is 0. The van der Waals surface area contributed by atoms with Crippen molar-refractivity contribution in [3.63, 3.8) is 0 Å². The van der Waals surface area contributed by atoms with Crippen LogP contribution in [-0.4, -0.2) is 19.3 Å². The summed E-state index contributed by atoms with van der Waals surface area (Å²) in [5.74, 6) is 3.21. The van der Waals surface area contributed by atoms with Gasteiger partial charge in [-0.25, -0.2) is 4.39 Å². The molecular weight excluding hydrogens is 177 g/mol. The molecule has 0 unspecified atom stereocenters. The van der Waals surface area contributed by atoms with E-state index >= 15 is 0 Å². The first-order valence-corrected chi connectivity index (χ1v) is 5.59. The largest absolute Gasteiger partial charge is 0.301 e. The number of nitrogens with one attached hydrogen (secondary N) is 1. The van der Waals surface area contributed by atoms with Crippen molar-refractivity contribution >= 4 is 0 Å². The monoisotopic (exact) mass is 197 g/mol. The highest BCUT2D eigenvalue weighted by atomic mass is 19.1. The summed E-state index contributed by atoms with van der Waals surface area (Å²) in [5.41, 5.74) is 0. The van der Waals surface area contributed by atoms with Gasteiger partial charge in [0.2, 0.25) is 0 Å². The average molecular weight is 197 g/mol. The van der Waals surface area contributed by atoms with Gasteiger partial charge in [-0.3, -0.25) is 0 Å². The highest BCUT2D eigenvalue weighted by Crippen LogP contribution is 2.27. The van der Waals surface area contributed by atoms with Crippen LogP contribution in [0.4, 0.5) is 4.39 Å². The van der Waals surface area contributed by atoms with Crippen LogP contribution in [0, 0.1) is 18.3 Å². The lowest BCUT2D eigenvalue weighted by molar-refractivity contribution is 0.272. The summed E-state index contributed by atoms with van der Waals surface area (Å²) < 4.78 is 12.6. The lowest BCUT2D eigenvalue weighted by atomic mass is 9.85. The average Bonchev–Trinajstić information content (AvgIpc) is 2.25. The minimum absolute atomic E-state index is 0.0193. The van der Waals surface area contributed by atoms with Crippen LogP contribution in [0.2, 0.25) is 0 Å². The van der Waals surface area contributed by atoms with Gasteiger partial charge in [-0.05, 0) is 12.3 Å². The summed E-state index contributed by atoms with van der Waals surface area (Å²) in [6.07, 6.45) is 12.6.